The highest BCUT2D eigenvalue weighted by molar-refractivity contribution is 7.80. The van der Waals surface area contributed by atoms with E-state index in [1.165, 1.54) is 4.88 Å². The van der Waals surface area contributed by atoms with Crippen molar-refractivity contribution in [2.75, 3.05) is 25.1 Å². The van der Waals surface area contributed by atoms with Gasteiger partial charge in [0.2, 0.25) is 5.75 Å². The summed E-state index contributed by atoms with van der Waals surface area (Å²) in [5, 5.41) is 16.5. The van der Waals surface area contributed by atoms with Gasteiger partial charge in [0.15, 0.2) is 16.6 Å². The normalized spacial score (nSPS) is 14.9. The Kier molecular flexibility index (Phi) is 9.20. The largest absolute Gasteiger partial charge is 0.490 e. The van der Waals surface area contributed by atoms with E-state index in [1.54, 1.807) is 23.5 Å². The molecule has 1 aromatic carbocycles. The lowest BCUT2D eigenvalue weighted by atomic mass is 9.72. The quantitative estimate of drug-likeness (QED) is 0.400. The third-order valence-electron chi connectivity index (χ3n) is 6.23. The minimum absolute atomic E-state index is 0.132. The zero-order valence-corrected chi connectivity index (χ0v) is 23.5. The molecule has 0 saturated carbocycles. The molecule has 1 aliphatic rings. The van der Waals surface area contributed by atoms with E-state index in [1.807, 2.05) is 20.8 Å². The zero-order valence-electron chi connectivity index (χ0n) is 21.9. The van der Waals surface area contributed by atoms with Gasteiger partial charge in [0.05, 0.1) is 25.4 Å². The maximum absolute atomic E-state index is 13.1. The van der Waals surface area contributed by atoms with Crippen molar-refractivity contribution < 1.29 is 19.0 Å². The van der Waals surface area contributed by atoms with Crippen LogP contribution in [0, 0.1) is 22.7 Å². The van der Waals surface area contributed by atoms with Crippen LogP contribution in [0.4, 0.5) is 5.00 Å². The minimum Gasteiger partial charge on any atom is -0.490 e. The number of nitriles is 1. The zero-order chi connectivity index (χ0) is 26.5. The number of hydrogen-bond donors (Lipinski definition) is 2. The third kappa shape index (κ3) is 6.29. The fourth-order valence-electron chi connectivity index (χ4n) is 4.36. The second-order valence-corrected chi connectivity index (χ2v) is 11.1. The smallest absolute Gasteiger partial charge is 0.257 e. The van der Waals surface area contributed by atoms with Gasteiger partial charge in [-0.25, -0.2) is 0 Å². The second kappa shape index (κ2) is 11.9. The molecule has 3 rings (SSSR count). The van der Waals surface area contributed by atoms with Crippen LogP contribution < -0.4 is 24.8 Å². The van der Waals surface area contributed by atoms with Crippen LogP contribution in [0.2, 0.25) is 0 Å². The molecule has 1 amide bonds. The summed E-state index contributed by atoms with van der Waals surface area (Å²) in [7, 11) is 0. The van der Waals surface area contributed by atoms with Crippen molar-refractivity contribution in [1.29, 1.82) is 5.26 Å². The van der Waals surface area contributed by atoms with Crippen LogP contribution in [0.15, 0.2) is 12.1 Å². The summed E-state index contributed by atoms with van der Waals surface area (Å²) in [4.78, 5) is 14.3. The molecule has 0 radical (unpaired) electrons. The lowest BCUT2D eigenvalue weighted by Gasteiger charge is -2.33. The standard InChI is InChI=1S/C27H35N3O4S2/c1-7-32-20-12-16(13-21(33-8-2)23(20)34-9-3)24(31)29-26(35)30-25-19(15-28)18-11-10-17(27(4,5)6)14-22(18)36-25/h12-13,17H,7-11,14H2,1-6H3,(H2,29,30,31,35)/t17-/m0/s1. The molecule has 1 heterocycles. The molecule has 0 spiro atoms. The topological polar surface area (TPSA) is 92.6 Å². The Labute approximate surface area is 223 Å². The number of thiocarbonyl (C=S) groups is 1. The average Bonchev–Trinajstić information content (AvgIpc) is 3.16. The van der Waals surface area contributed by atoms with Gasteiger partial charge in [0.25, 0.3) is 5.91 Å². The van der Waals surface area contributed by atoms with E-state index in [4.69, 9.17) is 26.4 Å². The first-order valence-electron chi connectivity index (χ1n) is 12.4. The Balaban J connectivity index is 1.80. The van der Waals surface area contributed by atoms with Crippen molar-refractivity contribution in [2.45, 2.75) is 60.8 Å². The van der Waals surface area contributed by atoms with Gasteiger partial charge in [-0.3, -0.25) is 10.1 Å². The molecule has 7 nitrogen and oxygen atoms in total. The van der Waals surface area contributed by atoms with Crippen LogP contribution in [0.3, 0.4) is 0 Å². The summed E-state index contributed by atoms with van der Waals surface area (Å²) < 4.78 is 17.1. The summed E-state index contributed by atoms with van der Waals surface area (Å²) in [6, 6.07) is 5.57. The summed E-state index contributed by atoms with van der Waals surface area (Å²) in [6.45, 7) is 13.6. The van der Waals surface area contributed by atoms with Gasteiger partial charge in [0.1, 0.15) is 11.1 Å². The number of benzene rings is 1. The highest BCUT2D eigenvalue weighted by Gasteiger charge is 2.32. The molecule has 1 aromatic heterocycles. The van der Waals surface area contributed by atoms with Crippen molar-refractivity contribution in [1.82, 2.24) is 5.32 Å². The summed E-state index contributed by atoms with van der Waals surface area (Å²) >= 11 is 7.00. The molecular weight excluding hydrogens is 494 g/mol. The molecule has 36 heavy (non-hydrogen) atoms. The van der Waals surface area contributed by atoms with Crippen LogP contribution in [0.25, 0.3) is 0 Å². The van der Waals surface area contributed by atoms with Gasteiger partial charge in [-0.05, 0) is 81.3 Å². The number of amides is 1. The third-order valence-corrected chi connectivity index (χ3v) is 7.60. The minimum atomic E-state index is -0.412. The highest BCUT2D eigenvalue weighted by atomic mass is 32.1. The van der Waals surface area contributed by atoms with E-state index in [-0.39, 0.29) is 10.5 Å². The van der Waals surface area contributed by atoms with Crippen molar-refractivity contribution in [3.63, 3.8) is 0 Å². The fraction of sp³-hybridized carbons (Fsp3) is 0.519. The molecular formula is C27H35N3O4S2. The van der Waals surface area contributed by atoms with Crippen molar-refractivity contribution in [3.8, 4) is 23.3 Å². The van der Waals surface area contributed by atoms with Crippen LogP contribution >= 0.6 is 23.6 Å². The Morgan fingerprint density at radius 1 is 1.14 bits per heavy atom. The van der Waals surface area contributed by atoms with Crippen LogP contribution in [-0.4, -0.2) is 30.8 Å². The van der Waals surface area contributed by atoms with Gasteiger partial charge in [-0.1, -0.05) is 20.8 Å². The number of hydrogen-bond acceptors (Lipinski definition) is 7. The maximum atomic E-state index is 13.1. The Hall–Kier alpha value is -2.83. The second-order valence-electron chi connectivity index (χ2n) is 9.63. The molecule has 1 atom stereocenters. The molecule has 2 N–H and O–H groups in total. The SMILES string of the molecule is CCOc1cc(C(=O)NC(=S)Nc2sc3c(c2C#N)CC[C@H](C(C)(C)C)C3)cc(OCC)c1OCC. The Morgan fingerprint density at radius 3 is 2.28 bits per heavy atom. The number of nitrogens with one attached hydrogen (secondary N) is 2. The van der Waals surface area contributed by atoms with Crippen molar-refractivity contribution in [2.24, 2.45) is 11.3 Å². The van der Waals surface area contributed by atoms with Crippen LogP contribution in [0.1, 0.15) is 74.3 Å². The number of anilines is 1. The van der Waals surface area contributed by atoms with Crippen molar-refractivity contribution in [3.05, 3.63) is 33.7 Å². The Bertz CT molecular complexity index is 1130. The van der Waals surface area contributed by atoms with Crippen molar-refractivity contribution >= 4 is 39.6 Å². The first kappa shape index (κ1) is 27.8. The van der Waals surface area contributed by atoms with E-state index in [9.17, 15) is 10.1 Å². The number of nitrogens with zero attached hydrogens (tertiary/aromatic N) is 1. The molecule has 0 saturated heterocycles. The maximum Gasteiger partial charge on any atom is 0.257 e. The van der Waals surface area contributed by atoms with Gasteiger partial charge in [0, 0.05) is 10.4 Å². The van der Waals surface area contributed by atoms with E-state index >= 15 is 0 Å². The fourth-order valence-corrected chi connectivity index (χ4v) is 5.90. The molecule has 0 fully saturated rings. The van der Waals surface area contributed by atoms with E-state index < -0.39 is 5.91 Å². The number of fused-ring (bicyclic) bond motifs is 1. The van der Waals surface area contributed by atoms with Crippen LogP contribution in [-0.2, 0) is 12.8 Å². The molecule has 1 aliphatic carbocycles. The van der Waals surface area contributed by atoms with E-state index in [2.05, 4.69) is 37.5 Å². The first-order valence-corrected chi connectivity index (χ1v) is 13.6. The number of rotatable bonds is 8. The number of ether oxygens (including phenoxy) is 3. The number of carbonyl (C=O) groups is 1. The molecule has 0 unspecified atom stereocenters. The highest BCUT2D eigenvalue weighted by Crippen LogP contribution is 2.44. The average molecular weight is 530 g/mol. The van der Waals surface area contributed by atoms with Crippen LogP contribution in [0.5, 0.6) is 17.2 Å². The van der Waals surface area contributed by atoms with E-state index in [0.29, 0.717) is 59.1 Å². The number of carbonyl (C=O) groups excluding carboxylic acids is 1. The summed E-state index contributed by atoms with van der Waals surface area (Å²) in [5.74, 6) is 1.48. The lowest BCUT2D eigenvalue weighted by molar-refractivity contribution is 0.0976. The predicted molar refractivity (Wildman–Crippen MR) is 148 cm³/mol. The Morgan fingerprint density at radius 2 is 1.75 bits per heavy atom. The molecule has 2 aromatic rings. The summed E-state index contributed by atoms with van der Waals surface area (Å²) in [5.41, 5.74) is 2.27. The van der Waals surface area contributed by atoms with Gasteiger partial charge >= 0.3 is 0 Å². The molecule has 0 aliphatic heterocycles. The monoisotopic (exact) mass is 529 g/mol. The molecule has 0 bridgehead atoms. The summed E-state index contributed by atoms with van der Waals surface area (Å²) in [6.07, 6.45) is 2.89. The predicted octanol–water partition coefficient (Wildman–Crippen LogP) is 6.09. The first-order chi connectivity index (χ1) is 17.1. The molecule has 9 heteroatoms. The van der Waals surface area contributed by atoms with Gasteiger partial charge < -0.3 is 19.5 Å². The number of thiophene rings is 1. The van der Waals surface area contributed by atoms with E-state index in [0.717, 1.165) is 24.8 Å². The lowest BCUT2D eigenvalue weighted by Crippen LogP contribution is -2.34. The van der Waals surface area contributed by atoms with Gasteiger partial charge in [-0.15, -0.1) is 11.3 Å². The molecule has 194 valence electrons. The van der Waals surface area contributed by atoms with Gasteiger partial charge in [-0.2, -0.15) is 5.26 Å².